The van der Waals surface area contributed by atoms with Crippen molar-refractivity contribution in [2.75, 3.05) is 17.8 Å². The molecule has 2 rings (SSSR count). The van der Waals surface area contributed by atoms with Crippen LogP contribution in [0, 0.1) is 5.82 Å². The van der Waals surface area contributed by atoms with Crippen molar-refractivity contribution < 1.29 is 18.5 Å². The third kappa shape index (κ3) is 3.96. The second-order valence-electron chi connectivity index (χ2n) is 4.26. The van der Waals surface area contributed by atoms with E-state index in [2.05, 4.69) is 4.98 Å². The van der Waals surface area contributed by atoms with E-state index in [1.807, 2.05) is 0 Å². The Bertz CT molecular complexity index is 720. The van der Waals surface area contributed by atoms with E-state index < -0.39 is 22.6 Å². The number of imidazole rings is 1. The Hall–Kier alpha value is -1.12. The number of benzene rings is 1. The van der Waals surface area contributed by atoms with E-state index in [1.165, 1.54) is 12.1 Å². The summed E-state index contributed by atoms with van der Waals surface area (Å²) in [5.74, 6) is -1.33. The molecule has 21 heavy (non-hydrogen) atoms. The molecule has 0 aliphatic heterocycles. The van der Waals surface area contributed by atoms with Crippen LogP contribution in [0.3, 0.4) is 0 Å². The molecule has 1 unspecified atom stereocenters. The highest BCUT2D eigenvalue weighted by Gasteiger charge is 2.15. The van der Waals surface area contributed by atoms with Gasteiger partial charge >= 0.3 is 5.97 Å². The summed E-state index contributed by atoms with van der Waals surface area (Å²) in [7, 11) is -1.02. The van der Waals surface area contributed by atoms with Gasteiger partial charge in [-0.2, -0.15) is 0 Å². The number of hydrogen-bond donors (Lipinski definition) is 1. The highest BCUT2D eigenvalue weighted by Crippen LogP contribution is 2.28. The van der Waals surface area contributed by atoms with E-state index in [0.29, 0.717) is 28.5 Å². The van der Waals surface area contributed by atoms with Crippen LogP contribution in [0.25, 0.3) is 11.0 Å². The molecular formula is C12H12ClFN2O3S2. The summed E-state index contributed by atoms with van der Waals surface area (Å²) in [5.41, 5.74) is 0.992. The minimum absolute atomic E-state index is 0.0407. The van der Waals surface area contributed by atoms with Crippen LogP contribution in [0.4, 0.5) is 4.39 Å². The summed E-state index contributed by atoms with van der Waals surface area (Å²) >= 11 is 6.76. The van der Waals surface area contributed by atoms with E-state index in [1.54, 1.807) is 10.8 Å². The number of hydrogen-bond acceptors (Lipinski definition) is 4. The summed E-state index contributed by atoms with van der Waals surface area (Å²) < 4.78 is 26.5. The first kappa shape index (κ1) is 16.3. The number of fused-ring (bicyclic) bond motifs is 1. The molecule has 9 heteroatoms. The molecular weight excluding hydrogens is 339 g/mol. The van der Waals surface area contributed by atoms with E-state index in [-0.39, 0.29) is 10.8 Å². The molecule has 0 aliphatic carbocycles. The van der Waals surface area contributed by atoms with Crippen molar-refractivity contribution in [3.05, 3.63) is 23.0 Å². The van der Waals surface area contributed by atoms with Crippen LogP contribution in [-0.4, -0.2) is 42.6 Å². The Balaban J connectivity index is 2.46. The Morgan fingerprint density at radius 2 is 2.29 bits per heavy atom. The van der Waals surface area contributed by atoms with Crippen molar-refractivity contribution in [2.45, 2.75) is 11.7 Å². The van der Waals surface area contributed by atoms with Crippen LogP contribution in [0.15, 0.2) is 17.3 Å². The molecule has 0 bridgehead atoms. The van der Waals surface area contributed by atoms with Gasteiger partial charge in [-0.1, -0.05) is 23.4 Å². The molecule has 1 N–H and O–H groups in total. The van der Waals surface area contributed by atoms with Crippen LogP contribution in [-0.2, 0) is 22.1 Å². The van der Waals surface area contributed by atoms with E-state index in [0.717, 1.165) is 11.8 Å². The van der Waals surface area contributed by atoms with Gasteiger partial charge in [-0.05, 0) is 6.07 Å². The lowest BCUT2D eigenvalue weighted by Gasteiger charge is -2.07. The van der Waals surface area contributed by atoms with Crippen molar-refractivity contribution in [3.63, 3.8) is 0 Å². The quantitative estimate of drug-likeness (QED) is 0.810. The van der Waals surface area contributed by atoms with Crippen LogP contribution in [0.2, 0.25) is 5.02 Å². The second kappa shape index (κ2) is 6.76. The van der Waals surface area contributed by atoms with Gasteiger partial charge in [0.2, 0.25) is 0 Å². The zero-order valence-electron chi connectivity index (χ0n) is 11.0. The first-order chi connectivity index (χ1) is 9.88. The Morgan fingerprint density at radius 1 is 1.57 bits per heavy atom. The molecule has 114 valence electrons. The fourth-order valence-electron chi connectivity index (χ4n) is 1.77. The predicted octanol–water partition coefficient (Wildman–Crippen LogP) is 2.38. The standard InChI is InChI=1S/C12H12ClFN2O3S2/c1-21(19)3-2-16-10-5-8(14)7(13)4-9(10)15-12(16)20-6-11(17)18/h4-5H,2-3,6H2,1H3,(H,17,18). The topological polar surface area (TPSA) is 72.2 Å². The molecule has 0 radical (unpaired) electrons. The molecule has 0 saturated carbocycles. The molecule has 0 aliphatic rings. The lowest BCUT2D eigenvalue weighted by Crippen LogP contribution is -2.09. The van der Waals surface area contributed by atoms with Gasteiger partial charge in [0, 0.05) is 35.4 Å². The number of thioether (sulfide) groups is 1. The Labute approximate surface area is 131 Å². The fraction of sp³-hybridized carbons (Fsp3) is 0.333. The number of carbonyl (C=O) groups is 1. The average molecular weight is 351 g/mol. The zero-order valence-corrected chi connectivity index (χ0v) is 13.4. The van der Waals surface area contributed by atoms with Crippen molar-refractivity contribution >= 4 is 51.2 Å². The van der Waals surface area contributed by atoms with Gasteiger partial charge in [0.1, 0.15) is 5.82 Å². The maximum absolute atomic E-state index is 13.6. The van der Waals surface area contributed by atoms with E-state index >= 15 is 0 Å². The first-order valence-electron chi connectivity index (χ1n) is 5.88. The number of aromatic nitrogens is 2. The second-order valence-corrected chi connectivity index (χ2v) is 7.17. The molecule has 2 aromatic rings. The lowest BCUT2D eigenvalue weighted by atomic mass is 10.3. The van der Waals surface area contributed by atoms with Crippen molar-refractivity contribution in [1.29, 1.82) is 0 Å². The van der Waals surface area contributed by atoms with E-state index in [9.17, 15) is 13.4 Å². The molecule has 5 nitrogen and oxygen atoms in total. The minimum Gasteiger partial charge on any atom is -0.481 e. The fourth-order valence-corrected chi connectivity index (χ4v) is 3.13. The van der Waals surface area contributed by atoms with Gasteiger partial charge < -0.3 is 9.67 Å². The van der Waals surface area contributed by atoms with Crippen molar-refractivity contribution in [1.82, 2.24) is 9.55 Å². The number of rotatable bonds is 6. The number of carboxylic acid groups (broad SMARTS) is 1. The summed E-state index contributed by atoms with van der Waals surface area (Å²) in [4.78, 5) is 15.0. The number of aliphatic carboxylic acids is 1. The van der Waals surface area contributed by atoms with Gasteiger partial charge in [0.25, 0.3) is 0 Å². The monoisotopic (exact) mass is 350 g/mol. The number of aryl methyl sites for hydroxylation is 1. The molecule has 0 fully saturated rings. The van der Waals surface area contributed by atoms with Gasteiger partial charge in [0.05, 0.1) is 21.8 Å². The van der Waals surface area contributed by atoms with Crippen LogP contribution in [0.1, 0.15) is 0 Å². The lowest BCUT2D eigenvalue weighted by molar-refractivity contribution is -0.133. The number of nitrogens with zero attached hydrogens (tertiary/aromatic N) is 2. The van der Waals surface area contributed by atoms with Crippen LogP contribution >= 0.6 is 23.4 Å². The first-order valence-corrected chi connectivity index (χ1v) is 8.97. The minimum atomic E-state index is -1.02. The highest BCUT2D eigenvalue weighted by molar-refractivity contribution is 7.99. The number of carboxylic acids is 1. The van der Waals surface area contributed by atoms with Gasteiger partial charge in [0.15, 0.2) is 5.16 Å². The van der Waals surface area contributed by atoms with Crippen molar-refractivity contribution in [3.8, 4) is 0 Å². The van der Waals surface area contributed by atoms with Crippen LogP contribution in [0.5, 0.6) is 0 Å². The predicted molar refractivity (Wildman–Crippen MR) is 82.0 cm³/mol. The largest absolute Gasteiger partial charge is 0.481 e. The average Bonchev–Trinajstić information content (AvgIpc) is 2.71. The number of halogens is 2. The van der Waals surface area contributed by atoms with Crippen molar-refractivity contribution in [2.24, 2.45) is 0 Å². The maximum Gasteiger partial charge on any atom is 0.313 e. The molecule has 1 aromatic heterocycles. The van der Waals surface area contributed by atoms with Gasteiger partial charge in [-0.3, -0.25) is 9.00 Å². The third-order valence-corrected chi connectivity index (χ3v) is 4.69. The third-order valence-electron chi connectivity index (χ3n) is 2.68. The molecule has 1 atom stereocenters. The summed E-state index contributed by atoms with van der Waals surface area (Å²) in [6, 6.07) is 2.66. The maximum atomic E-state index is 13.6. The van der Waals surface area contributed by atoms with Gasteiger partial charge in [-0.25, -0.2) is 9.37 Å². The molecule has 0 amide bonds. The smallest absolute Gasteiger partial charge is 0.313 e. The SMILES string of the molecule is CS(=O)CCn1c(SCC(=O)O)nc2cc(Cl)c(F)cc21. The summed E-state index contributed by atoms with van der Waals surface area (Å²) in [6.45, 7) is 0.364. The molecule has 0 saturated heterocycles. The summed E-state index contributed by atoms with van der Waals surface area (Å²) in [5, 5.41) is 9.16. The zero-order chi connectivity index (χ0) is 15.6. The Morgan fingerprint density at radius 3 is 2.90 bits per heavy atom. The van der Waals surface area contributed by atoms with Crippen LogP contribution < -0.4 is 0 Å². The van der Waals surface area contributed by atoms with E-state index in [4.69, 9.17) is 16.7 Å². The molecule has 1 heterocycles. The molecule has 1 aromatic carbocycles. The summed E-state index contributed by atoms with van der Waals surface area (Å²) in [6.07, 6.45) is 1.57. The normalized spacial score (nSPS) is 12.7. The Kier molecular flexibility index (Phi) is 5.23. The highest BCUT2D eigenvalue weighted by atomic mass is 35.5. The van der Waals surface area contributed by atoms with Gasteiger partial charge in [-0.15, -0.1) is 0 Å². The molecule has 0 spiro atoms.